The molecule has 2 N–H and O–H groups in total. The van der Waals surface area contributed by atoms with Gasteiger partial charge in [0.05, 0.1) is 6.04 Å². The van der Waals surface area contributed by atoms with Crippen molar-refractivity contribution in [3.8, 4) is 0 Å². The first kappa shape index (κ1) is 21.2. The molecule has 0 aliphatic heterocycles. The molecule has 0 aliphatic rings. The highest BCUT2D eigenvalue weighted by Gasteiger charge is 2.21. The maximum Gasteiger partial charge on any atom is 0.251 e. The van der Waals surface area contributed by atoms with E-state index in [9.17, 15) is 9.59 Å². The van der Waals surface area contributed by atoms with E-state index in [1.54, 1.807) is 30.4 Å². The number of benzene rings is 1. The molecule has 0 aliphatic carbocycles. The van der Waals surface area contributed by atoms with E-state index in [0.717, 1.165) is 5.56 Å². The van der Waals surface area contributed by atoms with E-state index in [1.165, 1.54) is 15.3 Å². The maximum absolute atomic E-state index is 12.5. The van der Waals surface area contributed by atoms with Crippen LogP contribution in [0.3, 0.4) is 0 Å². The van der Waals surface area contributed by atoms with Crippen LogP contribution >= 0.6 is 11.3 Å². The van der Waals surface area contributed by atoms with Gasteiger partial charge in [-0.3, -0.25) is 9.59 Å². The van der Waals surface area contributed by atoms with E-state index in [-0.39, 0.29) is 23.3 Å². The van der Waals surface area contributed by atoms with Crippen molar-refractivity contribution >= 4 is 23.2 Å². The molecule has 0 saturated carbocycles. The van der Waals surface area contributed by atoms with Crippen molar-refractivity contribution in [3.63, 3.8) is 0 Å². The van der Waals surface area contributed by atoms with Crippen LogP contribution in [0, 0.1) is 13.8 Å². The zero-order chi connectivity index (χ0) is 20.4. The molecule has 0 saturated heterocycles. The van der Waals surface area contributed by atoms with Crippen LogP contribution in [0.25, 0.3) is 0 Å². The number of rotatable bonds is 5. The topological polar surface area (TPSA) is 58.2 Å². The summed E-state index contributed by atoms with van der Waals surface area (Å²) in [4.78, 5) is 27.3. The lowest BCUT2D eigenvalue weighted by Crippen LogP contribution is -2.45. The molecule has 0 radical (unpaired) electrons. The van der Waals surface area contributed by atoms with Gasteiger partial charge in [0.15, 0.2) is 0 Å². The van der Waals surface area contributed by atoms with E-state index in [4.69, 9.17) is 0 Å². The summed E-state index contributed by atoms with van der Waals surface area (Å²) in [6.45, 7) is 14.2. The van der Waals surface area contributed by atoms with Gasteiger partial charge in [0.25, 0.3) is 5.91 Å². The van der Waals surface area contributed by atoms with Crippen LogP contribution in [0.4, 0.5) is 0 Å². The summed E-state index contributed by atoms with van der Waals surface area (Å²) >= 11 is 1.72. The average Bonchev–Trinajstić information content (AvgIpc) is 2.92. The third-order valence-corrected chi connectivity index (χ3v) is 5.64. The van der Waals surface area contributed by atoms with Gasteiger partial charge in [0.2, 0.25) is 5.91 Å². The summed E-state index contributed by atoms with van der Waals surface area (Å²) in [5.41, 5.74) is 2.89. The van der Waals surface area contributed by atoms with Crippen LogP contribution in [-0.2, 0) is 10.2 Å². The van der Waals surface area contributed by atoms with Gasteiger partial charge >= 0.3 is 0 Å². The number of hydrogen-bond donors (Lipinski definition) is 2. The minimum Gasteiger partial charge on any atom is -0.348 e. The second-order valence-electron chi connectivity index (χ2n) is 8.12. The lowest BCUT2D eigenvalue weighted by atomic mass is 9.86. The normalized spacial score (nSPS) is 13.7. The number of carbonyl (C=O) groups excluding carboxylic acids is 2. The highest BCUT2D eigenvalue weighted by molar-refractivity contribution is 7.12. The minimum atomic E-state index is -0.609. The zero-order valence-electron chi connectivity index (χ0n) is 17.3. The van der Waals surface area contributed by atoms with Crippen LogP contribution in [0.2, 0.25) is 0 Å². The van der Waals surface area contributed by atoms with Crippen molar-refractivity contribution in [1.82, 2.24) is 10.6 Å². The van der Waals surface area contributed by atoms with Crippen LogP contribution < -0.4 is 10.6 Å². The first-order valence-corrected chi connectivity index (χ1v) is 10.1. The van der Waals surface area contributed by atoms with Crippen LogP contribution in [0.1, 0.15) is 71.9 Å². The number of amides is 2. The fourth-order valence-electron chi connectivity index (χ4n) is 2.96. The summed E-state index contributed by atoms with van der Waals surface area (Å²) < 4.78 is 0. The fraction of sp³-hybridized carbons (Fsp3) is 0.455. The van der Waals surface area contributed by atoms with E-state index in [2.05, 4.69) is 51.3 Å². The Morgan fingerprint density at radius 3 is 2.07 bits per heavy atom. The molecular weight excluding hydrogens is 356 g/mol. The van der Waals surface area contributed by atoms with Gasteiger partial charge in [-0.1, -0.05) is 32.9 Å². The van der Waals surface area contributed by atoms with Gasteiger partial charge in [-0.25, -0.2) is 0 Å². The number of nitrogens with one attached hydrogen (secondary N) is 2. The van der Waals surface area contributed by atoms with E-state index >= 15 is 0 Å². The van der Waals surface area contributed by atoms with E-state index < -0.39 is 6.04 Å². The molecule has 0 unspecified atom stereocenters. The van der Waals surface area contributed by atoms with Crippen molar-refractivity contribution in [2.45, 2.75) is 66.0 Å². The molecule has 0 spiro atoms. The molecule has 2 amide bonds. The Bertz CT molecular complexity index is 816. The van der Waals surface area contributed by atoms with E-state index in [0.29, 0.717) is 5.56 Å². The van der Waals surface area contributed by atoms with Gasteiger partial charge in [-0.05, 0) is 62.4 Å². The standard InChI is InChI=1S/C22H30N2O2S/c1-13-12-19(16(4)27-13)14(2)23-20(25)15(3)24-21(26)17-8-10-18(11-9-17)22(5,6)7/h8-12,14-15H,1-7H3,(H,23,25)(H,24,26)/t14-,15+/m1/s1. The summed E-state index contributed by atoms with van der Waals surface area (Å²) in [6.07, 6.45) is 0. The molecule has 0 bridgehead atoms. The molecule has 4 nitrogen and oxygen atoms in total. The maximum atomic E-state index is 12.5. The third kappa shape index (κ3) is 5.42. The third-order valence-electron chi connectivity index (χ3n) is 4.66. The highest BCUT2D eigenvalue weighted by Crippen LogP contribution is 2.26. The number of aryl methyl sites for hydroxylation is 2. The Hall–Kier alpha value is -2.14. The number of hydrogen-bond acceptors (Lipinski definition) is 3. The number of carbonyl (C=O) groups is 2. The predicted molar refractivity (Wildman–Crippen MR) is 112 cm³/mol. The summed E-state index contributed by atoms with van der Waals surface area (Å²) in [6, 6.07) is 8.94. The Morgan fingerprint density at radius 1 is 1.00 bits per heavy atom. The molecule has 2 atom stereocenters. The molecule has 2 rings (SSSR count). The Kier molecular flexibility index (Phi) is 6.47. The average molecular weight is 387 g/mol. The molecule has 1 heterocycles. The number of thiophene rings is 1. The molecule has 5 heteroatoms. The van der Waals surface area contributed by atoms with Crippen molar-refractivity contribution in [1.29, 1.82) is 0 Å². The van der Waals surface area contributed by atoms with Gasteiger partial charge in [0, 0.05) is 15.3 Å². The quantitative estimate of drug-likeness (QED) is 0.785. The van der Waals surface area contributed by atoms with Crippen molar-refractivity contribution in [2.24, 2.45) is 0 Å². The Labute approximate surface area is 166 Å². The van der Waals surface area contributed by atoms with Gasteiger partial charge in [-0.15, -0.1) is 11.3 Å². The monoisotopic (exact) mass is 386 g/mol. The summed E-state index contributed by atoms with van der Waals surface area (Å²) in [5, 5.41) is 5.77. The summed E-state index contributed by atoms with van der Waals surface area (Å²) in [5.74, 6) is -0.432. The van der Waals surface area contributed by atoms with Gasteiger partial charge < -0.3 is 10.6 Å². The van der Waals surface area contributed by atoms with Crippen LogP contribution in [-0.4, -0.2) is 17.9 Å². The molecule has 1 aromatic heterocycles. The first-order valence-electron chi connectivity index (χ1n) is 9.27. The first-order chi connectivity index (χ1) is 12.5. The molecule has 1 aromatic carbocycles. The zero-order valence-corrected chi connectivity index (χ0v) is 18.1. The van der Waals surface area contributed by atoms with Gasteiger partial charge in [-0.2, -0.15) is 0 Å². The second kappa shape index (κ2) is 8.26. The molecule has 27 heavy (non-hydrogen) atoms. The largest absolute Gasteiger partial charge is 0.348 e. The lowest BCUT2D eigenvalue weighted by Gasteiger charge is -2.20. The lowest BCUT2D eigenvalue weighted by molar-refractivity contribution is -0.123. The smallest absolute Gasteiger partial charge is 0.251 e. The molecule has 2 aromatic rings. The van der Waals surface area contributed by atoms with Crippen LogP contribution in [0.15, 0.2) is 30.3 Å². The second-order valence-corrected chi connectivity index (χ2v) is 9.58. The molecule has 146 valence electrons. The Morgan fingerprint density at radius 2 is 1.59 bits per heavy atom. The van der Waals surface area contributed by atoms with Gasteiger partial charge in [0.1, 0.15) is 6.04 Å². The van der Waals surface area contributed by atoms with Crippen molar-refractivity contribution in [3.05, 3.63) is 56.8 Å². The Balaban J connectivity index is 1.97. The summed E-state index contributed by atoms with van der Waals surface area (Å²) in [7, 11) is 0. The fourth-order valence-corrected chi connectivity index (χ4v) is 3.99. The molecular formula is C22H30N2O2S. The van der Waals surface area contributed by atoms with Crippen molar-refractivity contribution < 1.29 is 9.59 Å². The van der Waals surface area contributed by atoms with E-state index in [1.807, 2.05) is 19.1 Å². The molecule has 0 fully saturated rings. The predicted octanol–water partition coefficient (Wildman–Crippen LogP) is 4.66. The highest BCUT2D eigenvalue weighted by atomic mass is 32.1. The minimum absolute atomic E-state index is 0.0382. The van der Waals surface area contributed by atoms with Crippen LogP contribution in [0.5, 0.6) is 0 Å². The van der Waals surface area contributed by atoms with Crippen molar-refractivity contribution in [2.75, 3.05) is 0 Å². The SMILES string of the molecule is Cc1cc([C@@H](C)NC(=O)[C@H](C)NC(=O)c2ccc(C(C)(C)C)cc2)c(C)s1.